The lowest BCUT2D eigenvalue weighted by Crippen LogP contribution is -2.19. The van der Waals surface area contributed by atoms with E-state index in [0.717, 1.165) is 36.0 Å². The second-order valence-corrected chi connectivity index (χ2v) is 6.85. The number of hydrogen-bond acceptors (Lipinski definition) is 9. The van der Waals surface area contributed by atoms with E-state index in [0.29, 0.717) is 35.7 Å². The third-order valence-electron chi connectivity index (χ3n) is 4.92. The summed E-state index contributed by atoms with van der Waals surface area (Å²) in [5, 5.41) is 7.45. The molecule has 1 unspecified atom stereocenters. The van der Waals surface area contributed by atoms with Crippen molar-refractivity contribution in [1.29, 1.82) is 0 Å². The third kappa shape index (κ3) is 4.30. The topological polar surface area (TPSA) is 99.7 Å². The maximum atomic E-state index is 5.73. The van der Waals surface area contributed by atoms with Crippen LogP contribution in [0.4, 0.5) is 17.5 Å². The Morgan fingerprint density at radius 2 is 1.90 bits per heavy atom. The number of fused-ring (bicyclic) bond motifs is 1. The van der Waals surface area contributed by atoms with E-state index in [1.807, 2.05) is 18.2 Å². The van der Waals surface area contributed by atoms with Crippen molar-refractivity contribution in [2.24, 2.45) is 0 Å². The van der Waals surface area contributed by atoms with Gasteiger partial charge in [-0.3, -0.25) is 0 Å². The Labute approximate surface area is 174 Å². The van der Waals surface area contributed by atoms with E-state index in [1.54, 1.807) is 33.6 Å². The highest BCUT2D eigenvalue weighted by Gasteiger charge is 2.18. The van der Waals surface area contributed by atoms with Crippen LogP contribution in [0.2, 0.25) is 0 Å². The third-order valence-corrected chi connectivity index (χ3v) is 4.92. The Balaban J connectivity index is 1.69. The molecule has 1 aliphatic rings. The van der Waals surface area contributed by atoms with Gasteiger partial charge in [0.15, 0.2) is 11.5 Å². The number of nitrogens with zero attached hydrogens (tertiary/aromatic N) is 3. The molecule has 0 bridgehead atoms. The first-order chi connectivity index (χ1) is 14.7. The molecule has 2 N–H and O–H groups in total. The molecular formula is C21H25N5O4. The lowest BCUT2D eigenvalue weighted by atomic mass is 10.2. The molecule has 2 aromatic heterocycles. The second-order valence-electron chi connectivity index (χ2n) is 6.85. The molecule has 1 fully saturated rings. The van der Waals surface area contributed by atoms with E-state index in [-0.39, 0.29) is 6.10 Å². The zero-order valence-corrected chi connectivity index (χ0v) is 17.3. The Morgan fingerprint density at radius 3 is 2.57 bits per heavy atom. The zero-order valence-electron chi connectivity index (χ0n) is 17.3. The van der Waals surface area contributed by atoms with Crippen LogP contribution in [0.3, 0.4) is 0 Å². The monoisotopic (exact) mass is 411 g/mol. The molecule has 3 heterocycles. The normalized spacial score (nSPS) is 15.8. The van der Waals surface area contributed by atoms with Crippen LogP contribution in [0.15, 0.2) is 30.5 Å². The lowest BCUT2D eigenvalue weighted by Gasteiger charge is -2.16. The molecule has 158 valence electrons. The standard InChI is InChI=1S/C21H25N5O4/c1-27-17-9-15-16(10-18(17)28-2)25-21(24-13-6-7-19(29-3)22-11-13)26-20(15)23-12-14-5-4-8-30-14/h6-7,9-11,14H,4-5,8,12H2,1-3H3,(H2,23,24,25,26). The minimum absolute atomic E-state index is 0.178. The van der Waals surface area contributed by atoms with Gasteiger partial charge in [-0.05, 0) is 25.0 Å². The van der Waals surface area contributed by atoms with E-state index < -0.39 is 0 Å². The molecule has 0 spiro atoms. The van der Waals surface area contributed by atoms with Gasteiger partial charge in [0.25, 0.3) is 0 Å². The van der Waals surface area contributed by atoms with E-state index >= 15 is 0 Å². The summed E-state index contributed by atoms with van der Waals surface area (Å²) in [7, 11) is 4.79. The van der Waals surface area contributed by atoms with Crippen LogP contribution in [0, 0.1) is 0 Å². The predicted molar refractivity (Wildman–Crippen MR) is 114 cm³/mol. The number of hydrogen-bond donors (Lipinski definition) is 2. The van der Waals surface area contributed by atoms with Gasteiger partial charge in [0.2, 0.25) is 11.8 Å². The molecule has 3 aromatic rings. The molecule has 9 heteroatoms. The van der Waals surface area contributed by atoms with E-state index in [9.17, 15) is 0 Å². The molecular weight excluding hydrogens is 386 g/mol. The van der Waals surface area contributed by atoms with Crippen molar-refractivity contribution in [2.45, 2.75) is 18.9 Å². The lowest BCUT2D eigenvalue weighted by molar-refractivity contribution is 0.120. The minimum atomic E-state index is 0.178. The molecule has 1 atom stereocenters. The highest BCUT2D eigenvalue weighted by atomic mass is 16.5. The minimum Gasteiger partial charge on any atom is -0.493 e. The van der Waals surface area contributed by atoms with Crippen molar-refractivity contribution >= 4 is 28.4 Å². The summed E-state index contributed by atoms with van der Waals surface area (Å²) in [5.74, 6) is 2.90. The van der Waals surface area contributed by atoms with Crippen LogP contribution >= 0.6 is 0 Å². The van der Waals surface area contributed by atoms with Crippen molar-refractivity contribution < 1.29 is 18.9 Å². The predicted octanol–water partition coefficient (Wildman–Crippen LogP) is 3.39. The number of methoxy groups -OCH3 is 3. The van der Waals surface area contributed by atoms with Crippen molar-refractivity contribution in [3.63, 3.8) is 0 Å². The molecule has 1 aromatic carbocycles. The Bertz CT molecular complexity index is 1010. The molecule has 9 nitrogen and oxygen atoms in total. The summed E-state index contributed by atoms with van der Waals surface area (Å²) in [6, 6.07) is 7.34. The summed E-state index contributed by atoms with van der Waals surface area (Å²) in [6.45, 7) is 1.48. The van der Waals surface area contributed by atoms with Crippen LogP contribution in [-0.4, -0.2) is 55.5 Å². The maximum Gasteiger partial charge on any atom is 0.229 e. The summed E-state index contributed by atoms with van der Waals surface area (Å²) in [6.07, 6.45) is 3.97. The van der Waals surface area contributed by atoms with Gasteiger partial charge in [-0.15, -0.1) is 0 Å². The Morgan fingerprint density at radius 1 is 1.07 bits per heavy atom. The van der Waals surface area contributed by atoms with Gasteiger partial charge in [0.1, 0.15) is 5.82 Å². The molecule has 0 amide bonds. The van der Waals surface area contributed by atoms with E-state index in [2.05, 4.69) is 25.6 Å². The van der Waals surface area contributed by atoms with Crippen molar-refractivity contribution in [3.05, 3.63) is 30.5 Å². The Hall–Kier alpha value is -3.33. The van der Waals surface area contributed by atoms with Crippen LogP contribution in [0.5, 0.6) is 17.4 Å². The number of benzene rings is 1. The summed E-state index contributed by atoms with van der Waals surface area (Å²) >= 11 is 0. The number of anilines is 3. The van der Waals surface area contributed by atoms with Gasteiger partial charge in [0.05, 0.1) is 44.8 Å². The molecule has 0 radical (unpaired) electrons. The number of aromatic nitrogens is 3. The highest BCUT2D eigenvalue weighted by molar-refractivity contribution is 5.93. The largest absolute Gasteiger partial charge is 0.493 e. The first-order valence-corrected chi connectivity index (χ1v) is 9.76. The van der Waals surface area contributed by atoms with E-state index in [1.165, 1.54) is 0 Å². The maximum absolute atomic E-state index is 5.73. The van der Waals surface area contributed by atoms with Gasteiger partial charge in [-0.2, -0.15) is 4.98 Å². The Kier molecular flexibility index (Phi) is 5.99. The van der Waals surface area contributed by atoms with Crippen molar-refractivity contribution in [1.82, 2.24) is 15.0 Å². The average molecular weight is 411 g/mol. The molecule has 0 saturated carbocycles. The first-order valence-electron chi connectivity index (χ1n) is 9.76. The smallest absolute Gasteiger partial charge is 0.229 e. The average Bonchev–Trinajstić information content (AvgIpc) is 3.30. The fraction of sp³-hybridized carbons (Fsp3) is 0.381. The van der Waals surface area contributed by atoms with Crippen LogP contribution in [0.25, 0.3) is 10.9 Å². The summed E-state index contributed by atoms with van der Waals surface area (Å²) < 4.78 is 21.7. The molecule has 1 saturated heterocycles. The SMILES string of the molecule is COc1ccc(Nc2nc(NCC3CCCO3)c3cc(OC)c(OC)cc3n2)cn1. The van der Waals surface area contributed by atoms with Gasteiger partial charge in [-0.25, -0.2) is 9.97 Å². The second kappa shape index (κ2) is 9.00. The molecule has 30 heavy (non-hydrogen) atoms. The molecule has 1 aliphatic heterocycles. The van der Waals surface area contributed by atoms with Crippen LogP contribution < -0.4 is 24.8 Å². The zero-order chi connectivity index (χ0) is 20.9. The van der Waals surface area contributed by atoms with Crippen molar-refractivity contribution in [2.75, 3.05) is 45.1 Å². The number of rotatable bonds is 8. The fourth-order valence-corrected chi connectivity index (χ4v) is 3.37. The van der Waals surface area contributed by atoms with Gasteiger partial charge in [0, 0.05) is 30.7 Å². The molecule has 4 rings (SSSR count). The quantitative estimate of drug-likeness (QED) is 0.578. The summed E-state index contributed by atoms with van der Waals surface area (Å²) in [4.78, 5) is 13.5. The molecule has 0 aliphatic carbocycles. The van der Waals surface area contributed by atoms with Gasteiger partial charge >= 0.3 is 0 Å². The number of ether oxygens (including phenoxy) is 4. The van der Waals surface area contributed by atoms with Gasteiger partial charge < -0.3 is 29.6 Å². The van der Waals surface area contributed by atoms with Crippen LogP contribution in [-0.2, 0) is 4.74 Å². The first kappa shape index (κ1) is 20.0. The highest BCUT2D eigenvalue weighted by Crippen LogP contribution is 2.35. The van der Waals surface area contributed by atoms with Gasteiger partial charge in [-0.1, -0.05) is 0 Å². The van der Waals surface area contributed by atoms with Crippen molar-refractivity contribution in [3.8, 4) is 17.4 Å². The van der Waals surface area contributed by atoms with Crippen LogP contribution in [0.1, 0.15) is 12.8 Å². The van der Waals surface area contributed by atoms with E-state index in [4.69, 9.17) is 18.9 Å². The number of nitrogens with one attached hydrogen (secondary N) is 2. The fourth-order valence-electron chi connectivity index (χ4n) is 3.37. The number of pyridine rings is 1. The summed E-state index contributed by atoms with van der Waals surface area (Å²) in [5.41, 5.74) is 1.47.